The molecule has 1 fully saturated rings. The minimum absolute atomic E-state index is 0.0223. The van der Waals surface area contributed by atoms with Gasteiger partial charge in [-0.05, 0) is 56.4 Å². The van der Waals surface area contributed by atoms with Crippen LogP contribution in [0.5, 0.6) is 0 Å². The van der Waals surface area contributed by atoms with Crippen molar-refractivity contribution in [1.29, 1.82) is 10.5 Å². The maximum Gasteiger partial charge on any atom is 0.283 e. The van der Waals surface area contributed by atoms with Gasteiger partial charge in [0.15, 0.2) is 5.65 Å². The molecule has 0 aliphatic heterocycles. The smallest absolute Gasteiger partial charge is 0.256 e. The number of aryl methyl sites for hydroxylation is 1. The van der Waals surface area contributed by atoms with Crippen molar-refractivity contribution in [2.24, 2.45) is 5.92 Å². The van der Waals surface area contributed by atoms with E-state index in [0.717, 1.165) is 22.2 Å². The lowest BCUT2D eigenvalue weighted by atomic mass is 9.79. The van der Waals surface area contributed by atoms with E-state index in [4.69, 9.17) is 11.6 Å². The third-order valence-electron chi connectivity index (χ3n) is 6.60. The Kier molecular flexibility index (Phi) is 5.63. The van der Waals surface area contributed by atoms with E-state index >= 15 is 0 Å². The summed E-state index contributed by atoms with van der Waals surface area (Å²) in [5, 5.41) is 24.6. The second-order valence-electron chi connectivity index (χ2n) is 8.56. The number of aromatic nitrogens is 4. The SMILES string of the molecule is Cc1nc2c(C#N)c(C(F)F)nn2c(C2CCC(C#N)CC2)c1-c1ccnc2cc(Cl)ccc12. The van der Waals surface area contributed by atoms with Gasteiger partial charge in [0, 0.05) is 39.7 Å². The number of alkyl halides is 2. The lowest BCUT2D eigenvalue weighted by molar-refractivity contribution is 0.145. The summed E-state index contributed by atoms with van der Waals surface area (Å²) in [4.78, 5) is 9.02. The molecule has 0 bridgehead atoms. The summed E-state index contributed by atoms with van der Waals surface area (Å²) in [5.74, 6) is -0.0535. The van der Waals surface area contributed by atoms with Crippen LogP contribution in [0.3, 0.4) is 0 Å². The molecular formula is C25H19ClF2N6. The predicted octanol–water partition coefficient (Wildman–Crippen LogP) is 6.51. The van der Waals surface area contributed by atoms with Crippen molar-refractivity contribution in [3.8, 4) is 23.3 Å². The van der Waals surface area contributed by atoms with Gasteiger partial charge in [0.2, 0.25) is 0 Å². The van der Waals surface area contributed by atoms with E-state index in [1.807, 2.05) is 25.1 Å². The van der Waals surface area contributed by atoms with Crippen LogP contribution in [-0.4, -0.2) is 19.6 Å². The molecule has 6 nitrogen and oxygen atoms in total. The Labute approximate surface area is 199 Å². The molecule has 3 heterocycles. The van der Waals surface area contributed by atoms with Crippen molar-refractivity contribution in [2.75, 3.05) is 0 Å². The van der Waals surface area contributed by atoms with Gasteiger partial charge < -0.3 is 0 Å². The van der Waals surface area contributed by atoms with E-state index in [1.165, 1.54) is 4.52 Å². The van der Waals surface area contributed by atoms with Gasteiger partial charge in [0.1, 0.15) is 17.3 Å². The lowest BCUT2D eigenvalue weighted by Gasteiger charge is -2.28. The first-order valence-corrected chi connectivity index (χ1v) is 11.4. The molecule has 0 spiro atoms. The maximum atomic E-state index is 13.8. The highest BCUT2D eigenvalue weighted by Crippen LogP contribution is 2.43. The molecule has 1 aliphatic rings. The van der Waals surface area contributed by atoms with E-state index in [2.05, 4.69) is 21.1 Å². The van der Waals surface area contributed by atoms with Crippen LogP contribution >= 0.6 is 11.6 Å². The molecular weight excluding hydrogens is 458 g/mol. The van der Waals surface area contributed by atoms with E-state index in [0.29, 0.717) is 41.9 Å². The van der Waals surface area contributed by atoms with Crippen molar-refractivity contribution in [1.82, 2.24) is 19.6 Å². The predicted molar refractivity (Wildman–Crippen MR) is 123 cm³/mol. The Morgan fingerprint density at radius 2 is 1.91 bits per heavy atom. The third-order valence-corrected chi connectivity index (χ3v) is 6.83. The average Bonchev–Trinajstić information content (AvgIpc) is 3.21. The normalized spacial score (nSPS) is 18.3. The number of rotatable bonds is 3. The van der Waals surface area contributed by atoms with Crippen LogP contribution < -0.4 is 0 Å². The minimum atomic E-state index is -2.90. The highest BCUT2D eigenvalue weighted by atomic mass is 35.5. The molecule has 0 unspecified atom stereocenters. The Balaban J connectivity index is 1.85. The first-order chi connectivity index (χ1) is 16.4. The van der Waals surface area contributed by atoms with E-state index < -0.39 is 12.1 Å². The molecule has 34 heavy (non-hydrogen) atoms. The Bertz CT molecular complexity index is 1510. The summed E-state index contributed by atoms with van der Waals surface area (Å²) in [6, 6.07) is 11.5. The zero-order valence-electron chi connectivity index (χ0n) is 18.3. The fourth-order valence-electron chi connectivity index (χ4n) is 5.01. The Hall–Kier alpha value is -3.62. The highest BCUT2D eigenvalue weighted by Gasteiger charge is 2.31. The zero-order valence-corrected chi connectivity index (χ0v) is 19.0. The van der Waals surface area contributed by atoms with Gasteiger partial charge in [0.25, 0.3) is 6.43 Å². The fraction of sp³-hybridized carbons (Fsp3) is 0.320. The zero-order chi connectivity index (χ0) is 24.0. The van der Waals surface area contributed by atoms with Crippen LogP contribution in [0.1, 0.15) is 60.7 Å². The topological polar surface area (TPSA) is 90.7 Å². The van der Waals surface area contributed by atoms with Crippen LogP contribution in [-0.2, 0) is 0 Å². The van der Waals surface area contributed by atoms with Crippen LogP contribution in [0.25, 0.3) is 27.7 Å². The number of pyridine rings is 1. The van der Waals surface area contributed by atoms with Gasteiger partial charge >= 0.3 is 0 Å². The quantitative estimate of drug-likeness (QED) is 0.336. The molecule has 0 atom stereocenters. The fourth-order valence-corrected chi connectivity index (χ4v) is 5.17. The van der Waals surface area contributed by atoms with Crippen LogP contribution in [0, 0.1) is 35.5 Å². The first-order valence-electron chi connectivity index (χ1n) is 11.0. The number of hydrogen-bond donors (Lipinski definition) is 0. The standard InChI is InChI=1S/C25H19ClF2N6/c1-13-21(18-8-9-31-20-10-16(26)6-7-17(18)20)23(15-4-2-14(11-29)3-5-15)34-25(32-13)19(12-30)22(33-34)24(27)28/h6-10,14-15,24H,2-5H2,1H3. The third kappa shape index (κ3) is 3.55. The van der Waals surface area contributed by atoms with Crippen LogP contribution in [0.2, 0.25) is 5.02 Å². The molecule has 0 N–H and O–H groups in total. The molecule has 0 radical (unpaired) electrons. The van der Waals surface area contributed by atoms with E-state index in [9.17, 15) is 19.3 Å². The molecule has 1 aliphatic carbocycles. The van der Waals surface area contributed by atoms with E-state index in [-0.39, 0.29) is 23.0 Å². The van der Waals surface area contributed by atoms with Gasteiger partial charge in [-0.1, -0.05) is 17.7 Å². The summed E-state index contributed by atoms with van der Waals surface area (Å²) in [5.41, 5.74) is 3.06. The molecule has 3 aromatic heterocycles. The van der Waals surface area contributed by atoms with Crippen LogP contribution in [0.4, 0.5) is 8.78 Å². The monoisotopic (exact) mass is 476 g/mol. The molecule has 0 saturated heterocycles. The number of nitrogens with zero attached hydrogens (tertiary/aromatic N) is 6. The molecule has 1 saturated carbocycles. The van der Waals surface area contributed by atoms with Gasteiger partial charge in [-0.3, -0.25) is 4.98 Å². The molecule has 5 rings (SSSR count). The summed E-state index contributed by atoms with van der Waals surface area (Å²) >= 11 is 6.18. The van der Waals surface area contributed by atoms with Crippen molar-refractivity contribution < 1.29 is 8.78 Å². The van der Waals surface area contributed by atoms with Crippen molar-refractivity contribution in [3.05, 3.63) is 58.1 Å². The maximum absolute atomic E-state index is 13.8. The Morgan fingerprint density at radius 1 is 1.15 bits per heavy atom. The van der Waals surface area contributed by atoms with Gasteiger partial charge in [-0.15, -0.1) is 0 Å². The average molecular weight is 477 g/mol. The van der Waals surface area contributed by atoms with E-state index in [1.54, 1.807) is 18.3 Å². The van der Waals surface area contributed by atoms with Crippen molar-refractivity contribution in [3.63, 3.8) is 0 Å². The molecule has 170 valence electrons. The number of halogens is 3. The summed E-state index contributed by atoms with van der Waals surface area (Å²) in [7, 11) is 0. The number of nitriles is 2. The van der Waals surface area contributed by atoms with Crippen molar-refractivity contribution >= 4 is 28.2 Å². The van der Waals surface area contributed by atoms with Gasteiger partial charge in [-0.25, -0.2) is 18.3 Å². The highest BCUT2D eigenvalue weighted by molar-refractivity contribution is 6.31. The van der Waals surface area contributed by atoms with Gasteiger partial charge in [-0.2, -0.15) is 15.6 Å². The first kappa shape index (κ1) is 22.2. The van der Waals surface area contributed by atoms with Gasteiger partial charge in [0.05, 0.1) is 17.3 Å². The molecule has 9 heteroatoms. The number of fused-ring (bicyclic) bond motifs is 2. The summed E-state index contributed by atoms with van der Waals surface area (Å²) in [6.45, 7) is 1.82. The molecule has 1 aromatic carbocycles. The van der Waals surface area contributed by atoms with Crippen molar-refractivity contribution in [2.45, 2.75) is 45.0 Å². The molecule has 4 aromatic rings. The largest absolute Gasteiger partial charge is 0.283 e. The number of benzene rings is 1. The molecule has 0 amide bonds. The second-order valence-corrected chi connectivity index (χ2v) is 9.00. The second kappa shape index (κ2) is 8.62. The number of hydrogen-bond acceptors (Lipinski definition) is 5. The minimum Gasteiger partial charge on any atom is -0.256 e. The summed E-state index contributed by atoms with van der Waals surface area (Å²) < 4.78 is 29.0. The van der Waals surface area contributed by atoms with Crippen LogP contribution in [0.15, 0.2) is 30.5 Å². The lowest BCUT2D eigenvalue weighted by Crippen LogP contribution is -2.17. The Morgan fingerprint density at radius 3 is 2.59 bits per heavy atom. The summed E-state index contributed by atoms with van der Waals surface area (Å²) in [6.07, 6.45) is 1.64.